The first-order chi connectivity index (χ1) is 5.52. The molecule has 1 aromatic carbocycles. The Labute approximate surface area is 70.2 Å². The number of benzene rings is 1. The minimum atomic E-state index is -0.550. The van der Waals surface area contributed by atoms with Gasteiger partial charge in [0.25, 0.3) is 0 Å². The Balaban J connectivity index is 3.33. The first-order valence-electron chi connectivity index (χ1n) is 3.59. The summed E-state index contributed by atoms with van der Waals surface area (Å²) in [6.45, 7) is 3.06. The standard InChI is InChI=1S/C9H10FNO/c1-5-3-7(6(2)12)8(10)4-9(5)11/h3-4H,11H2,1-2H3. The number of hydrogen-bond donors (Lipinski definition) is 1. The van der Waals surface area contributed by atoms with Gasteiger partial charge in [-0.1, -0.05) is 0 Å². The smallest absolute Gasteiger partial charge is 0.162 e. The molecule has 12 heavy (non-hydrogen) atoms. The van der Waals surface area contributed by atoms with E-state index < -0.39 is 5.82 Å². The molecule has 0 unspecified atom stereocenters. The molecule has 0 aromatic heterocycles. The van der Waals surface area contributed by atoms with Gasteiger partial charge in [-0.15, -0.1) is 0 Å². The Kier molecular flexibility index (Phi) is 2.13. The fraction of sp³-hybridized carbons (Fsp3) is 0.222. The Hall–Kier alpha value is -1.38. The van der Waals surface area contributed by atoms with Crippen LogP contribution in [0.15, 0.2) is 12.1 Å². The molecule has 0 aliphatic heterocycles. The number of nitrogens with two attached hydrogens (primary N) is 1. The third kappa shape index (κ3) is 1.44. The molecule has 0 spiro atoms. The fourth-order valence-electron chi connectivity index (χ4n) is 0.967. The van der Waals surface area contributed by atoms with Gasteiger partial charge in [0.2, 0.25) is 0 Å². The molecule has 1 aromatic rings. The molecule has 0 amide bonds. The summed E-state index contributed by atoms with van der Waals surface area (Å²) in [4.78, 5) is 10.8. The number of anilines is 1. The molecule has 0 aliphatic rings. The SMILES string of the molecule is CC(=O)c1cc(C)c(N)cc1F. The molecule has 0 bridgehead atoms. The van der Waals surface area contributed by atoms with Crippen LogP contribution in [-0.4, -0.2) is 5.78 Å². The Morgan fingerprint density at radius 3 is 2.58 bits per heavy atom. The Bertz CT molecular complexity index is 334. The molecule has 0 radical (unpaired) electrons. The van der Waals surface area contributed by atoms with Gasteiger partial charge < -0.3 is 5.73 Å². The minimum absolute atomic E-state index is 0.0988. The van der Waals surface area contributed by atoms with Crippen LogP contribution in [0.1, 0.15) is 22.8 Å². The topological polar surface area (TPSA) is 43.1 Å². The first-order valence-corrected chi connectivity index (χ1v) is 3.59. The third-order valence-corrected chi connectivity index (χ3v) is 1.74. The van der Waals surface area contributed by atoms with Gasteiger partial charge in [-0.2, -0.15) is 0 Å². The maximum absolute atomic E-state index is 13.0. The maximum atomic E-state index is 13.0. The van der Waals surface area contributed by atoms with E-state index in [1.54, 1.807) is 6.92 Å². The van der Waals surface area contributed by atoms with E-state index in [4.69, 9.17) is 5.73 Å². The summed E-state index contributed by atoms with van der Waals surface area (Å²) in [5.41, 5.74) is 6.63. The fourth-order valence-corrected chi connectivity index (χ4v) is 0.967. The largest absolute Gasteiger partial charge is 0.398 e. The van der Waals surface area contributed by atoms with Gasteiger partial charge in [0, 0.05) is 5.69 Å². The molecular weight excluding hydrogens is 157 g/mol. The van der Waals surface area contributed by atoms with E-state index in [9.17, 15) is 9.18 Å². The number of Topliss-reactive ketones (excluding diaryl/α,β-unsaturated/α-hetero) is 1. The van der Waals surface area contributed by atoms with E-state index in [1.807, 2.05) is 0 Å². The van der Waals surface area contributed by atoms with E-state index >= 15 is 0 Å². The second kappa shape index (κ2) is 2.93. The number of aryl methyl sites for hydroxylation is 1. The highest BCUT2D eigenvalue weighted by Gasteiger charge is 2.08. The first kappa shape index (κ1) is 8.71. The van der Waals surface area contributed by atoms with E-state index in [0.29, 0.717) is 5.69 Å². The molecule has 64 valence electrons. The molecule has 0 fully saturated rings. The van der Waals surface area contributed by atoms with Crippen molar-refractivity contribution in [3.63, 3.8) is 0 Å². The predicted octanol–water partition coefficient (Wildman–Crippen LogP) is 1.92. The second-order valence-corrected chi connectivity index (χ2v) is 2.74. The zero-order valence-electron chi connectivity index (χ0n) is 7.02. The average Bonchev–Trinajstić information content (AvgIpc) is 1.96. The number of carbonyl (C=O) groups is 1. The zero-order valence-corrected chi connectivity index (χ0v) is 7.02. The van der Waals surface area contributed by atoms with E-state index in [0.717, 1.165) is 5.56 Å². The van der Waals surface area contributed by atoms with Crippen molar-refractivity contribution in [3.8, 4) is 0 Å². The maximum Gasteiger partial charge on any atom is 0.162 e. The summed E-state index contributed by atoms with van der Waals surface area (Å²) >= 11 is 0. The normalized spacial score (nSPS) is 9.92. The molecule has 1 rings (SSSR count). The van der Waals surface area contributed by atoms with Crippen LogP contribution in [0.25, 0.3) is 0 Å². The van der Waals surface area contributed by atoms with Crippen LogP contribution in [0.4, 0.5) is 10.1 Å². The van der Waals surface area contributed by atoms with Crippen molar-refractivity contribution < 1.29 is 9.18 Å². The lowest BCUT2D eigenvalue weighted by atomic mass is 10.1. The van der Waals surface area contributed by atoms with Crippen molar-refractivity contribution in [1.82, 2.24) is 0 Å². The highest BCUT2D eigenvalue weighted by Crippen LogP contribution is 2.17. The molecule has 2 N–H and O–H groups in total. The van der Waals surface area contributed by atoms with Crippen molar-refractivity contribution in [2.45, 2.75) is 13.8 Å². The van der Waals surface area contributed by atoms with Gasteiger partial charge in [-0.3, -0.25) is 4.79 Å². The summed E-state index contributed by atoms with van der Waals surface area (Å²) in [7, 11) is 0. The summed E-state index contributed by atoms with van der Waals surface area (Å²) < 4.78 is 13.0. The number of halogens is 1. The van der Waals surface area contributed by atoms with Gasteiger partial charge in [-0.05, 0) is 31.5 Å². The van der Waals surface area contributed by atoms with Gasteiger partial charge in [-0.25, -0.2) is 4.39 Å². The lowest BCUT2D eigenvalue weighted by Crippen LogP contribution is -2.00. The summed E-state index contributed by atoms with van der Waals surface area (Å²) in [5, 5.41) is 0. The molecular formula is C9H10FNO. The van der Waals surface area contributed by atoms with E-state index in [-0.39, 0.29) is 11.3 Å². The van der Waals surface area contributed by atoms with Crippen molar-refractivity contribution in [1.29, 1.82) is 0 Å². The minimum Gasteiger partial charge on any atom is -0.398 e. The van der Waals surface area contributed by atoms with Gasteiger partial charge >= 0.3 is 0 Å². The Morgan fingerprint density at radius 2 is 2.08 bits per heavy atom. The van der Waals surface area contributed by atoms with Crippen LogP contribution in [0, 0.1) is 12.7 Å². The molecule has 0 saturated carbocycles. The van der Waals surface area contributed by atoms with E-state index in [1.165, 1.54) is 19.1 Å². The molecule has 0 heterocycles. The van der Waals surface area contributed by atoms with Crippen molar-refractivity contribution in [2.24, 2.45) is 0 Å². The van der Waals surface area contributed by atoms with E-state index in [2.05, 4.69) is 0 Å². The molecule has 0 atom stereocenters. The third-order valence-electron chi connectivity index (χ3n) is 1.74. The summed E-state index contributed by atoms with van der Waals surface area (Å²) in [6, 6.07) is 2.64. The number of hydrogen-bond acceptors (Lipinski definition) is 2. The quantitative estimate of drug-likeness (QED) is 0.513. The highest BCUT2D eigenvalue weighted by molar-refractivity contribution is 5.95. The van der Waals surface area contributed by atoms with Gasteiger partial charge in [0.15, 0.2) is 5.78 Å². The van der Waals surface area contributed by atoms with Crippen LogP contribution in [0.2, 0.25) is 0 Å². The zero-order chi connectivity index (χ0) is 9.30. The lowest BCUT2D eigenvalue weighted by molar-refractivity contribution is 0.101. The van der Waals surface area contributed by atoms with Gasteiger partial charge in [0.1, 0.15) is 5.82 Å². The summed E-state index contributed by atoms with van der Waals surface area (Å²) in [5.74, 6) is -0.832. The lowest BCUT2D eigenvalue weighted by Gasteiger charge is -2.03. The highest BCUT2D eigenvalue weighted by atomic mass is 19.1. The van der Waals surface area contributed by atoms with Crippen LogP contribution in [0.5, 0.6) is 0 Å². The predicted molar refractivity (Wildman–Crippen MR) is 45.6 cm³/mol. The van der Waals surface area contributed by atoms with Crippen molar-refractivity contribution in [2.75, 3.05) is 5.73 Å². The number of carbonyl (C=O) groups excluding carboxylic acids is 1. The molecule has 2 nitrogen and oxygen atoms in total. The molecule has 3 heteroatoms. The van der Waals surface area contributed by atoms with Crippen molar-refractivity contribution >= 4 is 11.5 Å². The molecule has 0 saturated heterocycles. The van der Waals surface area contributed by atoms with Crippen LogP contribution in [-0.2, 0) is 0 Å². The monoisotopic (exact) mass is 167 g/mol. The van der Waals surface area contributed by atoms with Crippen molar-refractivity contribution in [3.05, 3.63) is 29.1 Å². The van der Waals surface area contributed by atoms with Crippen LogP contribution in [0.3, 0.4) is 0 Å². The second-order valence-electron chi connectivity index (χ2n) is 2.74. The number of ketones is 1. The summed E-state index contributed by atoms with van der Waals surface area (Å²) in [6.07, 6.45) is 0. The van der Waals surface area contributed by atoms with Crippen LogP contribution < -0.4 is 5.73 Å². The van der Waals surface area contributed by atoms with Crippen LogP contribution >= 0.6 is 0 Å². The average molecular weight is 167 g/mol. The Morgan fingerprint density at radius 1 is 1.50 bits per heavy atom. The molecule has 0 aliphatic carbocycles. The van der Waals surface area contributed by atoms with Gasteiger partial charge in [0.05, 0.1) is 5.56 Å². The number of nitrogen functional groups attached to an aromatic ring is 1. The number of rotatable bonds is 1.